The minimum Gasteiger partial charge on any atom is -0.285 e. The third-order valence-corrected chi connectivity index (χ3v) is 1.80. The first-order chi connectivity index (χ1) is 7.32. The van der Waals surface area contributed by atoms with E-state index in [1.165, 1.54) is 31.2 Å². The molecule has 1 rings (SSSR count). The van der Waals surface area contributed by atoms with Crippen LogP contribution in [0.3, 0.4) is 0 Å². The van der Waals surface area contributed by atoms with Gasteiger partial charge in [-0.15, -0.1) is 0 Å². The highest BCUT2D eigenvalue weighted by Gasteiger charge is 2.34. The van der Waals surface area contributed by atoms with E-state index in [0.717, 1.165) is 12.1 Å². The third kappa shape index (κ3) is 2.96. The molecule has 16 heavy (non-hydrogen) atoms. The van der Waals surface area contributed by atoms with Gasteiger partial charge >= 0.3 is 6.18 Å². The van der Waals surface area contributed by atoms with E-state index in [-0.39, 0.29) is 5.56 Å². The molecule has 88 valence electrons. The van der Waals surface area contributed by atoms with Gasteiger partial charge in [0.1, 0.15) is 0 Å². The van der Waals surface area contributed by atoms with Crippen molar-refractivity contribution in [2.45, 2.75) is 6.18 Å². The Kier molecular flexibility index (Phi) is 3.54. The molecule has 0 atom stereocenters. The molecule has 0 aliphatic heterocycles. The topological polar surface area (TPSA) is 32.3 Å². The summed E-state index contributed by atoms with van der Waals surface area (Å²) in [5.41, 5.74) is 0.945. The second kappa shape index (κ2) is 4.52. The van der Waals surface area contributed by atoms with Crippen molar-refractivity contribution < 1.29 is 18.0 Å². The van der Waals surface area contributed by atoms with Gasteiger partial charge in [0.05, 0.1) is 11.1 Å². The summed E-state index contributed by atoms with van der Waals surface area (Å²) in [7, 11) is 3.04. The molecule has 6 heteroatoms. The Bertz CT molecular complexity index is 388. The van der Waals surface area contributed by atoms with Crippen LogP contribution in [0.15, 0.2) is 24.3 Å². The van der Waals surface area contributed by atoms with Crippen molar-refractivity contribution in [1.82, 2.24) is 10.4 Å². The maximum Gasteiger partial charge on any atom is 0.417 e. The number of rotatable bonds is 2. The molecule has 0 aliphatic rings. The number of nitrogens with one attached hydrogen (secondary N) is 1. The van der Waals surface area contributed by atoms with E-state index < -0.39 is 17.6 Å². The molecule has 0 fully saturated rings. The van der Waals surface area contributed by atoms with Crippen LogP contribution in [0.1, 0.15) is 15.9 Å². The van der Waals surface area contributed by atoms with E-state index in [9.17, 15) is 18.0 Å². The fraction of sp³-hybridized carbons (Fsp3) is 0.300. The summed E-state index contributed by atoms with van der Waals surface area (Å²) in [6, 6.07) is 4.65. The third-order valence-electron chi connectivity index (χ3n) is 1.80. The Labute approximate surface area is 90.8 Å². The van der Waals surface area contributed by atoms with Gasteiger partial charge in [0, 0.05) is 14.1 Å². The minimum absolute atomic E-state index is 0.385. The largest absolute Gasteiger partial charge is 0.417 e. The minimum atomic E-state index is -4.53. The second-order valence-corrected chi connectivity index (χ2v) is 3.38. The molecule has 1 amide bonds. The van der Waals surface area contributed by atoms with Crippen LogP contribution in [0.25, 0.3) is 0 Å². The highest BCUT2D eigenvalue weighted by molar-refractivity contribution is 5.95. The van der Waals surface area contributed by atoms with E-state index in [0.29, 0.717) is 0 Å². The Hall–Kier alpha value is -1.56. The van der Waals surface area contributed by atoms with Gasteiger partial charge in [-0.1, -0.05) is 12.1 Å². The van der Waals surface area contributed by atoms with Crippen molar-refractivity contribution in [2.75, 3.05) is 14.1 Å². The number of hydrogen-bond acceptors (Lipinski definition) is 2. The normalized spacial score (nSPS) is 11.6. The first-order valence-corrected chi connectivity index (χ1v) is 4.47. The Morgan fingerprint density at radius 2 is 1.81 bits per heavy atom. The lowest BCUT2D eigenvalue weighted by Gasteiger charge is -2.15. The molecular weight excluding hydrogens is 221 g/mol. The quantitative estimate of drug-likeness (QED) is 0.790. The zero-order valence-electron chi connectivity index (χ0n) is 8.80. The lowest BCUT2D eigenvalue weighted by atomic mass is 10.1. The number of nitrogens with zero attached hydrogens (tertiary/aromatic N) is 1. The molecule has 0 radical (unpaired) electrons. The molecule has 0 saturated heterocycles. The number of carbonyl (C=O) groups is 1. The van der Waals surface area contributed by atoms with E-state index in [1.807, 2.05) is 0 Å². The van der Waals surface area contributed by atoms with E-state index >= 15 is 0 Å². The van der Waals surface area contributed by atoms with Gasteiger partial charge in [0.2, 0.25) is 0 Å². The smallest absolute Gasteiger partial charge is 0.285 e. The maximum atomic E-state index is 12.6. The van der Waals surface area contributed by atoms with Crippen molar-refractivity contribution >= 4 is 5.91 Å². The summed E-state index contributed by atoms with van der Waals surface area (Å²) in [5.74, 6) is -0.780. The zero-order valence-corrected chi connectivity index (χ0v) is 8.80. The Morgan fingerprint density at radius 1 is 1.25 bits per heavy atom. The first kappa shape index (κ1) is 12.5. The zero-order chi connectivity index (χ0) is 12.3. The average molecular weight is 232 g/mol. The van der Waals surface area contributed by atoms with Crippen LogP contribution in [-0.2, 0) is 6.18 Å². The SMILES string of the molecule is CN(C)NC(=O)c1ccccc1C(F)(F)F. The molecule has 0 bridgehead atoms. The number of hydrogen-bond donors (Lipinski definition) is 1. The molecular formula is C10H11F3N2O. The van der Waals surface area contributed by atoms with Crippen LogP contribution in [0.2, 0.25) is 0 Å². The molecule has 1 aromatic rings. The fourth-order valence-corrected chi connectivity index (χ4v) is 1.19. The van der Waals surface area contributed by atoms with Crippen molar-refractivity contribution in [3.05, 3.63) is 35.4 Å². The second-order valence-electron chi connectivity index (χ2n) is 3.38. The molecule has 0 saturated carbocycles. The molecule has 0 heterocycles. The maximum absolute atomic E-state index is 12.6. The lowest BCUT2D eigenvalue weighted by Crippen LogP contribution is -2.37. The predicted molar refractivity (Wildman–Crippen MR) is 52.6 cm³/mol. The van der Waals surface area contributed by atoms with Gasteiger partial charge in [-0.2, -0.15) is 13.2 Å². The Morgan fingerprint density at radius 3 is 2.31 bits per heavy atom. The van der Waals surface area contributed by atoms with Gasteiger partial charge in [-0.05, 0) is 12.1 Å². The molecule has 0 aliphatic carbocycles. The highest BCUT2D eigenvalue weighted by Crippen LogP contribution is 2.31. The van der Waals surface area contributed by atoms with Gasteiger partial charge in [-0.3, -0.25) is 10.2 Å². The van der Waals surface area contributed by atoms with Crippen LogP contribution in [0.4, 0.5) is 13.2 Å². The number of alkyl halides is 3. The van der Waals surface area contributed by atoms with Crippen molar-refractivity contribution in [3.8, 4) is 0 Å². The number of halogens is 3. The lowest BCUT2D eigenvalue weighted by molar-refractivity contribution is -0.138. The van der Waals surface area contributed by atoms with Gasteiger partial charge in [-0.25, -0.2) is 5.01 Å². The molecule has 1 N–H and O–H groups in total. The monoisotopic (exact) mass is 232 g/mol. The predicted octanol–water partition coefficient (Wildman–Crippen LogP) is 1.91. The van der Waals surface area contributed by atoms with Crippen LogP contribution in [0.5, 0.6) is 0 Å². The summed E-state index contributed by atoms with van der Waals surface area (Å²) in [6.07, 6.45) is -4.53. The number of benzene rings is 1. The molecule has 0 aromatic heterocycles. The average Bonchev–Trinajstić information content (AvgIpc) is 2.15. The first-order valence-electron chi connectivity index (χ1n) is 4.47. The van der Waals surface area contributed by atoms with Crippen molar-refractivity contribution in [1.29, 1.82) is 0 Å². The van der Waals surface area contributed by atoms with Gasteiger partial charge in [0.25, 0.3) is 5.91 Å². The molecule has 1 aromatic carbocycles. The molecule has 3 nitrogen and oxygen atoms in total. The summed E-state index contributed by atoms with van der Waals surface area (Å²) in [6.45, 7) is 0. The van der Waals surface area contributed by atoms with Crippen molar-refractivity contribution in [2.24, 2.45) is 0 Å². The Balaban J connectivity index is 3.09. The number of hydrazine groups is 1. The van der Waals surface area contributed by atoms with Crippen LogP contribution in [0, 0.1) is 0 Å². The van der Waals surface area contributed by atoms with Gasteiger partial charge in [0.15, 0.2) is 0 Å². The van der Waals surface area contributed by atoms with E-state index in [2.05, 4.69) is 5.43 Å². The molecule has 0 unspecified atom stereocenters. The highest BCUT2D eigenvalue weighted by atomic mass is 19.4. The van der Waals surface area contributed by atoms with E-state index in [1.54, 1.807) is 0 Å². The van der Waals surface area contributed by atoms with Crippen molar-refractivity contribution in [3.63, 3.8) is 0 Å². The summed E-state index contributed by atoms with van der Waals surface area (Å²) in [5, 5.41) is 1.29. The van der Waals surface area contributed by atoms with Crippen LogP contribution >= 0.6 is 0 Å². The fourth-order valence-electron chi connectivity index (χ4n) is 1.19. The summed E-state index contributed by atoms with van der Waals surface area (Å²) < 4.78 is 37.7. The number of carbonyl (C=O) groups excluding carboxylic acids is 1. The number of amides is 1. The van der Waals surface area contributed by atoms with Crippen LogP contribution in [-0.4, -0.2) is 25.0 Å². The van der Waals surface area contributed by atoms with E-state index in [4.69, 9.17) is 0 Å². The standard InChI is InChI=1S/C10H11F3N2O/c1-15(2)14-9(16)7-5-3-4-6-8(7)10(11,12)13/h3-6H,1-2H3,(H,14,16). The summed E-state index contributed by atoms with van der Waals surface area (Å²) in [4.78, 5) is 11.5. The van der Waals surface area contributed by atoms with Gasteiger partial charge < -0.3 is 0 Å². The van der Waals surface area contributed by atoms with Crippen LogP contribution < -0.4 is 5.43 Å². The summed E-state index contributed by atoms with van der Waals surface area (Å²) >= 11 is 0. The molecule has 0 spiro atoms.